The van der Waals surface area contributed by atoms with Crippen LogP contribution in [0.3, 0.4) is 0 Å². The maximum absolute atomic E-state index is 13.3. The lowest BCUT2D eigenvalue weighted by molar-refractivity contribution is -0.122. The molecular formula is C29H26Cl2N2O5. The zero-order chi connectivity index (χ0) is 27.6. The first-order valence-electron chi connectivity index (χ1n) is 11.9. The topological polar surface area (TPSA) is 84.9 Å². The molecule has 1 fully saturated rings. The maximum atomic E-state index is 13.3. The summed E-state index contributed by atoms with van der Waals surface area (Å²) in [5, 5.41) is 2.83. The highest BCUT2D eigenvalue weighted by Crippen LogP contribution is 2.38. The number of halogens is 2. The van der Waals surface area contributed by atoms with Gasteiger partial charge in [-0.2, -0.15) is 0 Å². The number of carbonyl (C=O) groups is 3. The van der Waals surface area contributed by atoms with Gasteiger partial charge in [-0.3, -0.25) is 14.9 Å². The number of imide groups is 2. The predicted octanol–water partition coefficient (Wildman–Crippen LogP) is 6.56. The maximum Gasteiger partial charge on any atom is 0.335 e. The van der Waals surface area contributed by atoms with Crippen LogP contribution in [0.25, 0.3) is 6.08 Å². The average Bonchev–Trinajstić information content (AvgIpc) is 2.83. The van der Waals surface area contributed by atoms with Crippen LogP contribution in [-0.4, -0.2) is 24.5 Å². The van der Waals surface area contributed by atoms with Crippen molar-refractivity contribution >= 4 is 52.8 Å². The summed E-state index contributed by atoms with van der Waals surface area (Å²) in [4.78, 5) is 39.3. The molecule has 9 heteroatoms. The third-order valence-electron chi connectivity index (χ3n) is 5.82. The lowest BCUT2D eigenvalue weighted by Crippen LogP contribution is -2.54. The molecule has 1 N–H and O–H groups in total. The summed E-state index contributed by atoms with van der Waals surface area (Å²) in [6.07, 6.45) is 1.36. The number of carbonyl (C=O) groups excluding carboxylic acids is 3. The second-order valence-electron chi connectivity index (χ2n) is 8.94. The van der Waals surface area contributed by atoms with Gasteiger partial charge in [-0.15, -0.1) is 0 Å². The van der Waals surface area contributed by atoms with Gasteiger partial charge in [0.15, 0.2) is 11.5 Å². The Morgan fingerprint density at radius 2 is 1.61 bits per heavy atom. The van der Waals surface area contributed by atoms with Crippen molar-refractivity contribution in [2.45, 2.75) is 34.3 Å². The smallest absolute Gasteiger partial charge is 0.335 e. The van der Waals surface area contributed by atoms with E-state index in [-0.39, 0.29) is 22.9 Å². The Kier molecular flexibility index (Phi) is 8.09. The number of aryl methyl sites for hydroxylation is 3. The third-order valence-corrected chi connectivity index (χ3v) is 6.51. The number of ether oxygens (including phenoxy) is 2. The molecule has 1 aliphatic rings. The van der Waals surface area contributed by atoms with Gasteiger partial charge in [0.25, 0.3) is 11.8 Å². The highest BCUT2D eigenvalue weighted by atomic mass is 35.5. The van der Waals surface area contributed by atoms with E-state index < -0.39 is 17.8 Å². The normalized spacial score (nSPS) is 14.6. The fourth-order valence-corrected chi connectivity index (χ4v) is 4.61. The number of benzene rings is 3. The molecule has 0 unspecified atom stereocenters. The molecule has 0 bridgehead atoms. The van der Waals surface area contributed by atoms with E-state index in [1.165, 1.54) is 12.1 Å². The summed E-state index contributed by atoms with van der Waals surface area (Å²) in [5.74, 6) is -0.903. The van der Waals surface area contributed by atoms with Gasteiger partial charge in [0.05, 0.1) is 17.3 Å². The summed E-state index contributed by atoms with van der Waals surface area (Å²) < 4.78 is 11.8. The van der Waals surface area contributed by atoms with Crippen molar-refractivity contribution in [1.29, 1.82) is 0 Å². The van der Waals surface area contributed by atoms with Crippen molar-refractivity contribution in [3.8, 4) is 11.5 Å². The second kappa shape index (κ2) is 11.3. The summed E-state index contributed by atoms with van der Waals surface area (Å²) in [7, 11) is 0. The minimum atomic E-state index is -0.861. The number of nitrogens with one attached hydrogen (secondary N) is 1. The number of urea groups is 1. The Labute approximate surface area is 230 Å². The van der Waals surface area contributed by atoms with Gasteiger partial charge in [0.1, 0.15) is 12.2 Å². The summed E-state index contributed by atoms with van der Waals surface area (Å²) in [6, 6.07) is 13.2. The van der Waals surface area contributed by atoms with Crippen LogP contribution in [0.4, 0.5) is 10.5 Å². The predicted molar refractivity (Wildman–Crippen MR) is 148 cm³/mol. The molecule has 1 saturated heterocycles. The van der Waals surface area contributed by atoms with Crippen molar-refractivity contribution < 1.29 is 23.9 Å². The van der Waals surface area contributed by atoms with Crippen LogP contribution in [-0.2, 0) is 16.2 Å². The molecule has 4 amide bonds. The molecule has 0 radical (unpaired) electrons. The summed E-state index contributed by atoms with van der Waals surface area (Å²) >= 11 is 12.8. The quantitative estimate of drug-likeness (QED) is 0.265. The van der Waals surface area contributed by atoms with Crippen LogP contribution in [0.5, 0.6) is 11.5 Å². The van der Waals surface area contributed by atoms with E-state index in [1.54, 1.807) is 31.2 Å². The van der Waals surface area contributed by atoms with Gasteiger partial charge >= 0.3 is 6.03 Å². The number of hydrogen-bond donors (Lipinski definition) is 1. The molecule has 3 aromatic rings. The monoisotopic (exact) mass is 552 g/mol. The minimum absolute atomic E-state index is 0.240. The number of nitrogens with zero attached hydrogens (tertiary/aromatic N) is 1. The molecule has 7 nitrogen and oxygen atoms in total. The number of amides is 4. The van der Waals surface area contributed by atoms with Gasteiger partial charge in [-0.1, -0.05) is 58.6 Å². The first-order valence-corrected chi connectivity index (χ1v) is 12.7. The van der Waals surface area contributed by atoms with Crippen molar-refractivity contribution in [3.63, 3.8) is 0 Å². The fourth-order valence-electron chi connectivity index (χ4n) is 4.16. The highest BCUT2D eigenvalue weighted by molar-refractivity contribution is 6.39. The number of hydrogen-bond acceptors (Lipinski definition) is 5. The minimum Gasteiger partial charge on any atom is -0.490 e. The number of barbiturate groups is 1. The van der Waals surface area contributed by atoms with Crippen molar-refractivity contribution in [2.75, 3.05) is 11.5 Å². The van der Waals surface area contributed by atoms with E-state index in [0.29, 0.717) is 28.7 Å². The number of anilines is 1. The van der Waals surface area contributed by atoms with Gasteiger partial charge in [-0.25, -0.2) is 9.69 Å². The first kappa shape index (κ1) is 27.2. The molecule has 38 heavy (non-hydrogen) atoms. The van der Waals surface area contributed by atoms with E-state index in [4.69, 9.17) is 32.7 Å². The van der Waals surface area contributed by atoms with Crippen molar-refractivity contribution in [3.05, 3.63) is 92.0 Å². The largest absolute Gasteiger partial charge is 0.490 e. The molecule has 3 aromatic carbocycles. The Balaban J connectivity index is 1.67. The molecule has 0 saturated carbocycles. The SMILES string of the molecule is CCOc1cc(/C=C2\C(=O)NC(=O)N(c3ccc(C)c(Cl)c3)C2=O)cc(Cl)c1OCc1cc(C)cc(C)c1. The lowest BCUT2D eigenvalue weighted by atomic mass is 10.1. The van der Waals surface area contributed by atoms with Crippen LogP contribution < -0.4 is 19.7 Å². The van der Waals surface area contributed by atoms with Gasteiger partial charge < -0.3 is 9.47 Å². The molecule has 0 aromatic heterocycles. The van der Waals surface area contributed by atoms with Gasteiger partial charge in [0.2, 0.25) is 0 Å². The van der Waals surface area contributed by atoms with Crippen LogP contribution in [0.2, 0.25) is 10.0 Å². The molecule has 0 spiro atoms. The van der Waals surface area contributed by atoms with E-state index in [9.17, 15) is 14.4 Å². The van der Waals surface area contributed by atoms with E-state index in [1.807, 2.05) is 32.9 Å². The van der Waals surface area contributed by atoms with Crippen LogP contribution in [0.15, 0.2) is 54.1 Å². The Morgan fingerprint density at radius 3 is 2.26 bits per heavy atom. The van der Waals surface area contributed by atoms with Crippen molar-refractivity contribution in [1.82, 2.24) is 5.32 Å². The van der Waals surface area contributed by atoms with Crippen LogP contribution in [0, 0.1) is 20.8 Å². The highest BCUT2D eigenvalue weighted by Gasteiger charge is 2.37. The van der Waals surface area contributed by atoms with Crippen LogP contribution >= 0.6 is 23.2 Å². The van der Waals surface area contributed by atoms with E-state index in [0.717, 1.165) is 27.2 Å². The summed E-state index contributed by atoms with van der Waals surface area (Å²) in [6.45, 7) is 8.27. The van der Waals surface area contributed by atoms with Crippen molar-refractivity contribution in [2.24, 2.45) is 0 Å². The molecule has 1 aliphatic heterocycles. The molecular weight excluding hydrogens is 527 g/mol. The lowest BCUT2D eigenvalue weighted by Gasteiger charge is -2.26. The van der Waals surface area contributed by atoms with E-state index in [2.05, 4.69) is 11.4 Å². The van der Waals surface area contributed by atoms with E-state index >= 15 is 0 Å². The molecule has 1 heterocycles. The number of rotatable bonds is 7. The molecule has 0 atom stereocenters. The standard InChI is InChI=1S/C29H26Cl2N2O5/c1-5-37-25-13-19(12-24(31)26(25)38-15-20-9-16(2)8-17(3)10-20)11-22-27(34)32-29(36)33(28(22)35)21-7-6-18(4)23(30)14-21/h6-14H,5,15H2,1-4H3,(H,32,34,36)/b22-11+. The average molecular weight is 553 g/mol. The first-order chi connectivity index (χ1) is 18.1. The molecule has 196 valence electrons. The molecule has 0 aliphatic carbocycles. The Hall–Kier alpha value is -3.81. The summed E-state index contributed by atoms with van der Waals surface area (Å²) in [5.41, 5.74) is 4.43. The zero-order valence-corrected chi connectivity index (χ0v) is 22.9. The fraction of sp³-hybridized carbons (Fsp3) is 0.207. The Bertz CT molecular complexity index is 1460. The van der Waals surface area contributed by atoms with Crippen LogP contribution in [0.1, 0.15) is 34.7 Å². The van der Waals surface area contributed by atoms with Gasteiger partial charge in [-0.05, 0) is 74.7 Å². The Morgan fingerprint density at radius 1 is 0.895 bits per heavy atom. The molecule has 4 rings (SSSR count). The van der Waals surface area contributed by atoms with Gasteiger partial charge in [0, 0.05) is 5.02 Å². The third kappa shape index (κ3) is 5.85. The second-order valence-corrected chi connectivity index (χ2v) is 9.75. The zero-order valence-electron chi connectivity index (χ0n) is 21.4.